The molecule has 1 aromatic carbocycles. The van der Waals surface area contributed by atoms with Gasteiger partial charge in [-0.1, -0.05) is 17.7 Å². The van der Waals surface area contributed by atoms with Crippen LogP contribution in [0.1, 0.15) is 27.4 Å². The maximum Gasteiger partial charge on any atom is 0.272 e. The average Bonchev–Trinajstić information content (AvgIpc) is 2.75. The summed E-state index contributed by atoms with van der Waals surface area (Å²) in [6.07, 6.45) is 1.44. The molecule has 0 aliphatic carbocycles. The predicted octanol–water partition coefficient (Wildman–Crippen LogP) is 3.31. The fraction of sp³-hybridized carbons (Fsp3) is 0.143. The number of hydrogen-bond acceptors (Lipinski definition) is 3. The van der Waals surface area contributed by atoms with Gasteiger partial charge in [-0.25, -0.2) is 5.43 Å². The Labute approximate surface area is 116 Å². The molecule has 19 heavy (non-hydrogen) atoms. The first-order valence-electron chi connectivity index (χ1n) is 5.72. The third kappa shape index (κ3) is 3.45. The van der Waals surface area contributed by atoms with E-state index in [1.54, 1.807) is 18.2 Å². The summed E-state index contributed by atoms with van der Waals surface area (Å²) < 4.78 is 5.28. The highest BCUT2D eigenvalue weighted by molar-refractivity contribution is 6.33. The maximum atomic E-state index is 11.8. The van der Waals surface area contributed by atoms with E-state index in [0.29, 0.717) is 16.3 Å². The van der Waals surface area contributed by atoms with Crippen molar-refractivity contribution in [2.75, 3.05) is 0 Å². The van der Waals surface area contributed by atoms with Crippen molar-refractivity contribution in [1.29, 1.82) is 0 Å². The maximum absolute atomic E-state index is 11.8. The lowest BCUT2D eigenvalue weighted by molar-refractivity contribution is 0.0955. The zero-order valence-electron chi connectivity index (χ0n) is 10.6. The van der Waals surface area contributed by atoms with Crippen molar-refractivity contribution in [2.45, 2.75) is 13.8 Å². The normalized spacial score (nSPS) is 10.9. The van der Waals surface area contributed by atoms with Crippen LogP contribution in [-0.2, 0) is 0 Å². The summed E-state index contributed by atoms with van der Waals surface area (Å²) in [5.74, 6) is 1.01. The molecule has 1 aromatic heterocycles. The number of rotatable bonds is 3. The molecule has 0 aliphatic rings. The van der Waals surface area contributed by atoms with E-state index in [0.717, 1.165) is 11.3 Å². The zero-order chi connectivity index (χ0) is 13.8. The molecule has 1 amide bonds. The van der Waals surface area contributed by atoms with Crippen LogP contribution < -0.4 is 5.43 Å². The highest BCUT2D eigenvalue weighted by atomic mass is 35.5. The number of aryl methyl sites for hydroxylation is 2. The monoisotopic (exact) mass is 276 g/mol. The van der Waals surface area contributed by atoms with Crippen LogP contribution in [0.5, 0.6) is 0 Å². The van der Waals surface area contributed by atoms with Gasteiger partial charge in [-0.2, -0.15) is 5.10 Å². The second-order valence-electron chi connectivity index (χ2n) is 4.13. The van der Waals surface area contributed by atoms with E-state index in [1.807, 2.05) is 26.0 Å². The van der Waals surface area contributed by atoms with Crippen LogP contribution in [0.25, 0.3) is 0 Å². The van der Waals surface area contributed by atoms with Gasteiger partial charge in [0.25, 0.3) is 5.91 Å². The Morgan fingerprint density at radius 1 is 1.32 bits per heavy atom. The molecule has 2 aromatic rings. The second kappa shape index (κ2) is 5.71. The van der Waals surface area contributed by atoms with E-state index in [9.17, 15) is 4.79 Å². The van der Waals surface area contributed by atoms with Gasteiger partial charge < -0.3 is 4.42 Å². The quantitative estimate of drug-likeness (QED) is 0.691. The van der Waals surface area contributed by atoms with E-state index in [4.69, 9.17) is 16.0 Å². The molecule has 0 aliphatic heterocycles. The molecular weight excluding hydrogens is 264 g/mol. The third-order valence-corrected chi connectivity index (χ3v) is 2.80. The molecule has 1 heterocycles. The minimum Gasteiger partial charge on any atom is -0.460 e. The van der Waals surface area contributed by atoms with Gasteiger partial charge in [-0.15, -0.1) is 0 Å². The molecule has 2 rings (SSSR count). The van der Waals surface area contributed by atoms with E-state index in [1.165, 1.54) is 6.21 Å². The smallest absolute Gasteiger partial charge is 0.272 e. The summed E-state index contributed by atoms with van der Waals surface area (Å²) in [6, 6.07) is 8.81. The number of nitrogens with zero attached hydrogens (tertiary/aromatic N) is 1. The number of carbonyl (C=O) groups excluding carboxylic acids is 1. The number of benzene rings is 1. The van der Waals surface area contributed by atoms with Gasteiger partial charge >= 0.3 is 0 Å². The summed E-state index contributed by atoms with van der Waals surface area (Å²) in [5, 5.41) is 4.22. The average molecular weight is 277 g/mol. The Balaban J connectivity index is 2.03. The third-order valence-electron chi connectivity index (χ3n) is 2.49. The van der Waals surface area contributed by atoms with Crippen LogP contribution >= 0.6 is 11.6 Å². The molecular formula is C14H13ClN2O2. The van der Waals surface area contributed by atoms with Crippen molar-refractivity contribution >= 4 is 23.7 Å². The molecule has 0 saturated carbocycles. The van der Waals surface area contributed by atoms with Crippen LogP contribution in [0.3, 0.4) is 0 Å². The Morgan fingerprint density at radius 2 is 2.11 bits per heavy atom. The molecule has 0 bridgehead atoms. The van der Waals surface area contributed by atoms with Crippen LogP contribution in [0.15, 0.2) is 39.9 Å². The van der Waals surface area contributed by atoms with E-state index >= 15 is 0 Å². The largest absolute Gasteiger partial charge is 0.460 e. The number of amides is 1. The van der Waals surface area contributed by atoms with E-state index in [-0.39, 0.29) is 5.91 Å². The van der Waals surface area contributed by atoms with Crippen molar-refractivity contribution in [2.24, 2.45) is 5.10 Å². The molecule has 0 atom stereocenters. The Hall–Kier alpha value is -2.07. The van der Waals surface area contributed by atoms with Gasteiger partial charge in [-0.05, 0) is 43.7 Å². The van der Waals surface area contributed by atoms with Gasteiger partial charge in [0.2, 0.25) is 0 Å². The predicted molar refractivity (Wildman–Crippen MR) is 74.7 cm³/mol. The summed E-state index contributed by atoms with van der Waals surface area (Å²) >= 11 is 5.99. The Bertz CT molecular complexity index is 632. The van der Waals surface area contributed by atoms with Crippen LogP contribution in [0, 0.1) is 13.8 Å². The van der Waals surface area contributed by atoms with Gasteiger partial charge in [0.1, 0.15) is 11.5 Å². The lowest BCUT2D eigenvalue weighted by atomic mass is 10.1. The number of nitrogens with one attached hydrogen (secondary N) is 1. The lowest BCUT2D eigenvalue weighted by Gasteiger charge is -2.03. The molecule has 0 saturated heterocycles. The molecule has 4 nitrogen and oxygen atoms in total. The molecule has 0 spiro atoms. The highest BCUT2D eigenvalue weighted by Crippen LogP contribution is 2.17. The molecule has 0 unspecified atom stereocenters. The van der Waals surface area contributed by atoms with Gasteiger partial charge in [-0.3, -0.25) is 4.79 Å². The first-order chi connectivity index (χ1) is 9.06. The highest BCUT2D eigenvalue weighted by Gasteiger charge is 2.09. The standard InChI is InChI=1S/C14H13ClN2O2/c1-9-3-6-12(13(15)7-9)14(18)17-16-8-11-5-4-10(2)19-11/h3-8H,1-2H3,(H,17,18)/b16-8-. The molecule has 5 heteroatoms. The van der Waals surface area contributed by atoms with Crippen molar-refractivity contribution in [3.05, 3.63) is 58.0 Å². The molecule has 98 valence electrons. The number of hydrazone groups is 1. The topological polar surface area (TPSA) is 54.6 Å². The van der Waals surface area contributed by atoms with Crippen molar-refractivity contribution in [3.8, 4) is 0 Å². The first-order valence-corrected chi connectivity index (χ1v) is 6.10. The zero-order valence-corrected chi connectivity index (χ0v) is 11.4. The molecule has 1 N–H and O–H groups in total. The fourth-order valence-electron chi connectivity index (χ4n) is 1.54. The van der Waals surface area contributed by atoms with E-state index < -0.39 is 0 Å². The van der Waals surface area contributed by atoms with Crippen molar-refractivity contribution in [1.82, 2.24) is 5.43 Å². The van der Waals surface area contributed by atoms with Crippen molar-refractivity contribution < 1.29 is 9.21 Å². The van der Waals surface area contributed by atoms with Crippen molar-refractivity contribution in [3.63, 3.8) is 0 Å². The molecule has 0 fully saturated rings. The fourth-order valence-corrected chi connectivity index (χ4v) is 1.86. The minimum absolute atomic E-state index is 0.357. The van der Waals surface area contributed by atoms with Crippen LogP contribution in [-0.4, -0.2) is 12.1 Å². The summed E-state index contributed by atoms with van der Waals surface area (Å²) in [4.78, 5) is 11.8. The summed E-state index contributed by atoms with van der Waals surface area (Å²) in [6.45, 7) is 3.74. The van der Waals surface area contributed by atoms with Crippen LogP contribution in [0.2, 0.25) is 5.02 Å². The van der Waals surface area contributed by atoms with Crippen LogP contribution in [0.4, 0.5) is 0 Å². The lowest BCUT2D eigenvalue weighted by Crippen LogP contribution is -2.18. The number of hydrogen-bond donors (Lipinski definition) is 1. The first kappa shape index (κ1) is 13.4. The number of carbonyl (C=O) groups is 1. The van der Waals surface area contributed by atoms with Gasteiger partial charge in [0.15, 0.2) is 0 Å². The Kier molecular flexibility index (Phi) is 4.02. The second-order valence-corrected chi connectivity index (χ2v) is 4.54. The molecule has 0 radical (unpaired) electrons. The van der Waals surface area contributed by atoms with Gasteiger partial charge in [0, 0.05) is 0 Å². The SMILES string of the molecule is Cc1ccc(C(=O)N/N=C\c2ccc(C)o2)c(Cl)c1. The van der Waals surface area contributed by atoms with E-state index in [2.05, 4.69) is 10.5 Å². The summed E-state index contributed by atoms with van der Waals surface area (Å²) in [7, 11) is 0. The number of furan rings is 1. The van der Waals surface area contributed by atoms with Gasteiger partial charge in [0.05, 0.1) is 16.8 Å². The number of halogens is 1. The Morgan fingerprint density at radius 3 is 2.74 bits per heavy atom. The minimum atomic E-state index is -0.357. The summed E-state index contributed by atoms with van der Waals surface area (Å²) in [5.41, 5.74) is 3.79.